The Morgan fingerprint density at radius 2 is 1.74 bits per heavy atom. The van der Waals surface area contributed by atoms with E-state index in [1.807, 2.05) is 0 Å². The summed E-state index contributed by atoms with van der Waals surface area (Å²) in [5, 5.41) is 0.308. The third kappa shape index (κ3) is 4.33. The van der Waals surface area contributed by atoms with Crippen molar-refractivity contribution in [3.05, 3.63) is 71.6 Å². The fourth-order valence-electron chi connectivity index (χ4n) is 2.84. The number of aromatic nitrogens is 3. The molecule has 0 fully saturated rings. The van der Waals surface area contributed by atoms with Gasteiger partial charge in [-0.3, -0.25) is 4.72 Å². The highest BCUT2D eigenvalue weighted by molar-refractivity contribution is 7.92. The van der Waals surface area contributed by atoms with E-state index in [0.717, 1.165) is 18.2 Å². The molecule has 0 bridgehead atoms. The van der Waals surface area contributed by atoms with Crippen LogP contribution in [0.5, 0.6) is 0 Å². The van der Waals surface area contributed by atoms with Gasteiger partial charge in [-0.15, -0.1) is 0 Å². The number of nitrogen functional groups attached to an aromatic ring is 1. The van der Waals surface area contributed by atoms with Crippen molar-refractivity contribution < 1.29 is 17.2 Å². The molecule has 0 radical (unpaired) electrons. The maximum atomic E-state index is 14.0. The van der Waals surface area contributed by atoms with Gasteiger partial charge < -0.3 is 5.73 Å². The van der Waals surface area contributed by atoms with Gasteiger partial charge in [0.1, 0.15) is 11.6 Å². The molecule has 0 aliphatic heterocycles. The quantitative estimate of drug-likeness (QED) is 0.405. The van der Waals surface area contributed by atoms with E-state index in [1.165, 1.54) is 29.7 Å². The topological polar surface area (TPSA) is 111 Å². The first kappa shape index (κ1) is 21.1. The number of hydrogen-bond donors (Lipinski definition) is 2. The number of anilines is 2. The molecule has 0 saturated heterocycles. The molecule has 12 heteroatoms. The first-order chi connectivity index (χ1) is 14.7. The van der Waals surface area contributed by atoms with Gasteiger partial charge in [0.15, 0.2) is 10.0 Å². The standard InChI is InChI=1S/C19H12ClF2N5O2S2/c20-18-24-8-7-14(25-18)16-15(26-19(23)30-16)10-3-1-4-11(9-10)27-31(28,29)17-12(21)5-2-6-13(17)22/h1-9,27H,(H2,23,26). The number of sulfonamides is 1. The van der Waals surface area contributed by atoms with Crippen LogP contribution in [0.3, 0.4) is 0 Å². The van der Waals surface area contributed by atoms with Crippen LogP contribution in [-0.2, 0) is 10.0 Å². The Morgan fingerprint density at radius 3 is 2.45 bits per heavy atom. The fourth-order valence-corrected chi connectivity index (χ4v) is 5.00. The lowest BCUT2D eigenvalue weighted by Gasteiger charge is -2.11. The maximum absolute atomic E-state index is 14.0. The molecule has 3 N–H and O–H groups in total. The second-order valence-electron chi connectivity index (χ2n) is 6.18. The summed E-state index contributed by atoms with van der Waals surface area (Å²) in [7, 11) is -4.52. The molecule has 4 rings (SSSR count). The molecule has 4 aromatic rings. The maximum Gasteiger partial charge on any atom is 0.267 e. The second-order valence-corrected chi connectivity index (χ2v) is 9.17. The lowest BCUT2D eigenvalue weighted by molar-refractivity contribution is 0.521. The number of nitrogens with zero attached hydrogens (tertiary/aromatic N) is 3. The van der Waals surface area contributed by atoms with Crippen LogP contribution < -0.4 is 10.5 Å². The lowest BCUT2D eigenvalue weighted by Crippen LogP contribution is -2.16. The molecular weight excluding hydrogens is 468 g/mol. The third-order valence-corrected chi connectivity index (χ3v) is 6.60. The van der Waals surface area contributed by atoms with Gasteiger partial charge in [-0.2, -0.15) is 0 Å². The smallest absolute Gasteiger partial charge is 0.267 e. The zero-order valence-electron chi connectivity index (χ0n) is 15.4. The van der Waals surface area contributed by atoms with Crippen molar-refractivity contribution in [1.82, 2.24) is 15.0 Å². The number of thiazole rings is 1. The molecule has 7 nitrogen and oxygen atoms in total. The molecule has 0 aliphatic carbocycles. The summed E-state index contributed by atoms with van der Waals surface area (Å²) in [4.78, 5) is 11.8. The van der Waals surface area contributed by atoms with Gasteiger partial charge in [0, 0.05) is 17.4 Å². The van der Waals surface area contributed by atoms with E-state index in [9.17, 15) is 17.2 Å². The van der Waals surface area contributed by atoms with E-state index < -0.39 is 26.6 Å². The molecule has 0 unspecified atom stereocenters. The number of halogens is 3. The highest BCUT2D eigenvalue weighted by Crippen LogP contribution is 2.38. The Balaban J connectivity index is 1.74. The van der Waals surface area contributed by atoms with Crippen LogP contribution in [0, 0.1) is 11.6 Å². The fraction of sp³-hybridized carbons (Fsp3) is 0. The molecule has 2 aromatic carbocycles. The van der Waals surface area contributed by atoms with Crippen LogP contribution in [0.1, 0.15) is 0 Å². The Kier molecular flexibility index (Phi) is 5.56. The number of nitrogens with one attached hydrogen (secondary N) is 1. The number of benzene rings is 2. The summed E-state index contributed by atoms with van der Waals surface area (Å²) in [6.45, 7) is 0. The lowest BCUT2D eigenvalue weighted by atomic mass is 10.1. The molecule has 0 saturated carbocycles. The normalized spacial score (nSPS) is 11.5. The van der Waals surface area contributed by atoms with Gasteiger partial charge in [-0.05, 0) is 41.9 Å². The minimum absolute atomic E-state index is 0.0452. The van der Waals surface area contributed by atoms with Crippen LogP contribution in [0.15, 0.2) is 59.6 Å². The van der Waals surface area contributed by atoms with Crippen molar-refractivity contribution in [1.29, 1.82) is 0 Å². The molecular formula is C19H12ClF2N5O2S2. The monoisotopic (exact) mass is 479 g/mol. The minimum Gasteiger partial charge on any atom is -0.375 e. The first-order valence-electron chi connectivity index (χ1n) is 8.57. The van der Waals surface area contributed by atoms with Gasteiger partial charge in [-0.1, -0.05) is 29.5 Å². The number of rotatable bonds is 5. The first-order valence-corrected chi connectivity index (χ1v) is 11.2. The third-order valence-electron chi connectivity index (χ3n) is 4.08. The molecule has 0 atom stereocenters. The average Bonchev–Trinajstić information content (AvgIpc) is 3.09. The molecule has 31 heavy (non-hydrogen) atoms. The number of nitrogens with two attached hydrogens (primary N) is 1. The molecule has 158 valence electrons. The van der Waals surface area contributed by atoms with Gasteiger partial charge in [0.25, 0.3) is 10.0 Å². The van der Waals surface area contributed by atoms with Gasteiger partial charge >= 0.3 is 0 Å². The van der Waals surface area contributed by atoms with Crippen LogP contribution >= 0.6 is 22.9 Å². The van der Waals surface area contributed by atoms with E-state index in [1.54, 1.807) is 18.2 Å². The van der Waals surface area contributed by atoms with E-state index >= 15 is 0 Å². The highest BCUT2D eigenvalue weighted by atomic mass is 35.5. The van der Waals surface area contributed by atoms with Crippen molar-refractivity contribution in [3.8, 4) is 21.8 Å². The summed E-state index contributed by atoms with van der Waals surface area (Å²) < 4.78 is 55.2. The van der Waals surface area contributed by atoms with Crippen LogP contribution in [0.2, 0.25) is 5.28 Å². The van der Waals surface area contributed by atoms with Crippen molar-refractivity contribution in [2.45, 2.75) is 4.90 Å². The van der Waals surface area contributed by atoms with Crippen LogP contribution in [0.4, 0.5) is 19.6 Å². The molecule has 2 aromatic heterocycles. The molecule has 0 aliphatic rings. The van der Waals surface area contributed by atoms with Gasteiger partial charge in [-0.25, -0.2) is 32.2 Å². The minimum atomic E-state index is -4.52. The highest BCUT2D eigenvalue weighted by Gasteiger charge is 2.24. The Labute approximate surface area is 184 Å². The summed E-state index contributed by atoms with van der Waals surface area (Å²) >= 11 is 7.04. The SMILES string of the molecule is Nc1nc(-c2cccc(NS(=O)(=O)c3c(F)cccc3F)c2)c(-c2ccnc(Cl)n2)s1. The Bertz CT molecular complexity index is 1380. The zero-order chi connectivity index (χ0) is 22.2. The molecule has 0 spiro atoms. The van der Waals surface area contributed by atoms with E-state index in [4.69, 9.17) is 17.3 Å². The Hall–Kier alpha value is -3.15. The van der Waals surface area contributed by atoms with E-state index in [2.05, 4.69) is 19.7 Å². The average molecular weight is 480 g/mol. The predicted molar refractivity (Wildman–Crippen MR) is 115 cm³/mol. The summed E-state index contributed by atoms with van der Waals surface area (Å²) in [6, 6.07) is 10.6. The summed E-state index contributed by atoms with van der Waals surface area (Å²) in [5.41, 5.74) is 7.40. The summed E-state index contributed by atoms with van der Waals surface area (Å²) in [6.07, 6.45) is 1.48. The second kappa shape index (κ2) is 8.17. The van der Waals surface area contributed by atoms with Crippen LogP contribution in [0.25, 0.3) is 21.8 Å². The Morgan fingerprint density at radius 1 is 1.03 bits per heavy atom. The van der Waals surface area contributed by atoms with Crippen molar-refractivity contribution >= 4 is 43.8 Å². The molecule has 0 amide bonds. The number of hydrogen-bond acceptors (Lipinski definition) is 7. The van der Waals surface area contributed by atoms with Crippen LogP contribution in [-0.4, -0.2) is 23.4 Å². The predicted octanol–water partition coefficient (Wildman–Crippen LogP) is 4.58. The largest absolute Gasteiger partial charge is 0.375 e. The summed E-state index contributed by atoms with van der Waals surface area (Å²) in [5.74, 6) is -2.39. The van der Waals surface area contributed by atoms with Gasteiger partial charge in [0.05, 0.1) is 16.3 Å². The van der Waals surface area contributed by atoms with E-state index in [-0.39, 0.29) is 16.1 Å². The van der Waals surface area contributed by atoms with Crippen molar-refractivity contribution in [2.24, 2.45) is 0 Å². The molecule has 2 heterocycles. The van der Waals surface area contributed by atoms with Crippen molar-refractivity contribution in [2.75, 3.05) is 10.5 Å². The van der Waals surface area contributed by atoms with E-state index in [0.29, 0.717) is 21.8 Å². The van der Waals surface area contributed by atoms with Crippen molar-refractivity contribution in [3.63, 3.8) is 0 Å². The van der Waals surface area contributed by atoms with Gasteiger partial charge in [0.2, 0.25) is 5.28 Å². The zero-order valence-corrected chi connectivity index (χ0v) is 17.8.